The normalized spacial score (nSPS) is 10.6. The van der Waals surface area contributed by atoms with Crippen LogP contribution in [-0.2, 0) is 13.1 Å². The Bertz CT molecular complexity index is 527. The van der Waals surface area contributed by atoms with Crippen LogP contribution in [0.4, 0.5) is 0 Å². The van der Waals surface area contributed by atoms with Gasteiger partial charge in [0.05, 0.1) is 12.1 Å². The first-order valence-electron chi connectivity index (χ1n) is 5.63. The summed E-state index contributed by atoms with van der Waals surface area (Å²) in [6.07, 6.45) is 1.89. The largest absolute Gasteiger partial charge is 0.495 e. The molecule has 0 saturated heterocycles. The monoisotopic (exact) mass is 282 g/mol. The van der Waals surface area contributed by atoms with Crippen molar-refractivity contribution in [1.82, 2.24) is 10.3 Å². The molecule has 0 unspecified atom stereocenters. The maximum absolute atomic E-state index is 6.07. The molecule has 0 bridgehead atoms. The number of thiazole rings is 1. The molecule has 0 aliphatic heterocycles. The van der Waals surface area contributed by atoms with E-state index in [1.807, 2.05) is 24.4 Å². The summed E-state index contributed by atoms with van der Waals surface area (Å²) in [5.74, 6) is 0.705. The Labute approximate surface area is 116 Å². The smallest absolute Gasteiger partial charge is 0.137 e. The highest BCUT2D eigenvalue weighted by Gasteiger charge is 2.02. The van der Waals surface area contributed by atoms with Gasteiger partial charge >= 0.3 is 0 Å². The minimum Gasteiger partial charge on any atom is -0.495 e. The third-order valence-electron chi connectivity index (χ3n) is 2.49. The van der Waals surface area contributed by atoms with E-state index < -0.39 is 0 Å². The van der Waals surface area contributed by atoms with Gasteiger partial charge in [0.25, 0.3) is 0 Å². The average molecular weight is 283 g/mol. The van der Waals surface area contributed by atoms with Crippen molar-refractivity contribution in [2.45, 2.75) is 20.0 Å². The molecule has 0 saturated carbocycles. The van der Waals surface area contributed by atoms with E-state index in [0.717, 1.165) is 23.7 Å². The van der Waals surface area contributed by atoms with Gasteiger partial charge in [-0.05, 0) is 24.6 Å². The van der Waals surface area contributed by atoms with Crippen LogP contribution in [0.2, 0.25) is 5.02 Å². The molecule has 2 aromatic rings. The topological polar surface area (TPSA) is 34.1 Å². The minimum absolute atomic E-state index is 0.641. The highest BCUT2D eigenvalue weighted by molar-refractivity contribution is 7.11. The van der Waals surface area contributed by atoms with Gasteiger partial charge in [0.2, 0.25) is 0 Å². The lowest BCUT2D eigenvalue weighted by molar-refractivity contribution is 0.415. The van der Waals surface area contributed by atoms with Crippen LogP contribution >= 0.6 is 22.9 Å². The minimum atomic E-state index is 0.641. The van der Waals surface area contributed by atoms with Gasteiger partial charge in [-0.1, -0.05) is 17.7 Å². The molecule has 0 aliphatic carbocycles. The quantitative estimate of drug-likeness (QED) is 0.913. The zero-order chi connectivity index (χ0) is 13.0. The third kappa shape index (κ3) is 3.45. The fourth-order valence-electron chi connectivity index (χ4n) is 1.62. The third-order valence-corrected chi connectivity index (χ3v) is 3.70. The van der Waals surface area contributed by atoms with Crippen LogP contribution in [-0.4, -0.2) is 12.1 Å². The van der Waals surface area contributed by atoms with Crippen molar-refractivity contribution < 1.29 is 4.74 Å². The molecule has 0 aliphatic rings. The van der Waals surface area contributed by atoms with E-state index in [1.54, 1.807) is 18.4 Å². The van der Waals surface area contributed by atoms with Crippen LogP contribution in [0.3, 0.4) is 0 Å². The van der Waals surface area contributed by atoms with Crippen molar-refractivity contribution in [3.63, 3.8) is 0 Å². The number of nitrogens with one attached hydrogen (secondary N) is 1. The maximum Gasteiger partial charge on any atom is 0.137 e. The molecule has 0 atom stereocenters. The summed E-state index contributed by atoms with van der Waals surface area (Å²) in [7, 11) is 1.62. The predicted octanol–water partition coefficient (Wildman–Crippen LogP) is 3.40. The second-order valence-corrected chi connectivity index (χ2v) is 5.66. The highest BCUT2D eigenvalue weighted by atomic mass is 35.5. The molecule has 1 aromatic heterocycles. The van der Waals surface area contributed by atoms with Crippen molar-refractivity contribution in [3.8, 4) is 5.75 Å². The second-order valence-electron chi connectivity index (χ2n) is 3.94. The van der Waals surface area contributed by atoms with Gasteiger partial charge in [0.15, 0.2) is 0 Å². The lowest BCUT2D eigenvalue weighted by Crippen LogP contribution is -2.12. The first kappa shape index (κ1) is 13.3. The van der Waals surface area contributed by atoms with Crippen LogP contribution in [0.25, 0.3) is 0 Å². The lowest BCUT2D eigenvalue weighted by atomic mass is 10.2. The molecule has 3 nitrogen and oxygen atoms in total. The van der Waals surface area contributed by atoms with E-state index in [4.69, 9.17) is 16.3 Å². The van der Waals surface area contributed by atoms with E-state index in [9.17, 15) is 0 Å². The summed E-state index contributed by atoms with van der Waals surface area (Å²) in [5.41, 5.74) is 1.13. The van der Waals surface area contributed by atoms with Crippen LogP contribution < -0.4 is 10.1 Å². The molecule has 0 fully saturated rings. The number of rotatable bonds is 5. The predicted molar refractivity (Wildman–Crippen MR) is 75.4 cm³/mol. The second kappa shape index (κ2) is 6.18. The Morgan fingerprint density at radius 2 is 2.22 bits per heavy atom. The van der Waals surface area contributed by atoms with Crippen molar-refractivity contribution in [2.75, 3.05) is 7.11 Å². The van der Waals surface area contributed by atoms with E-state index >= 15 is 0 Å². The maximum atomic E-state index is 6.07. The Morgan fingerprint density at radius 1 is 1.39 bits per heavy atom. The molecule has 0 radical (unpaired) electrons. The molecule has 0 spiro atoms. The van der Waals surface area contributed by atoms with Gasteiger partial charge in [0, 0.05) is 24.2 Å². The molecule has 18 heavy (non-hydrogen) atoms. The first-order valence-corrected chi connectivity index (χ1v) is 6.83. The number of benzene rings is 1. The van der Waals surface area contributed by atoms with Gasteiger partial charge in [-0.15, -0.1) is 11.3 Å². The van der Waals surface area contributed by atoms with Gasteiger partial charge in [-0.3, -0.25) is 0 Å². The molecule has 2 rings (SSSR count). The van der Waals surface area contributed by atoms with Crippen molar-refractivity contribution in [2.24, 2.45) is 0 Å². The summed E-state index contributed by atoms with van der Waals surface area (Å²) >= 11 is 7.78. The average Bonchev–Trinajstić information content (AvgIpc) is 2.75. The first-order chi connectivity index (χ1) is 8.69. The van der Waals surface area contributed by atoms with Gasteiger partial charge in [0.1, 0.15) is 10.8 Å². The number of halogens is 1. The number of nitrogens with zero attached hydrogens (tertiary/aromatic N) is 1. The van der Waals surface area contributed by atoms with Crippen LogP contribution in [0.1, 0.15) is 15.4 Å². The summed E-state index contributed by atoms with van der Waals surface area (Å²) in [6, 6.07) is 5.80. The SMILES string of the molecule is COc1ccc(CNCc2ncc(C)s2)cc1Cl. The fourth-order valence-corrected chi connectivity index (χ4v) is 2.65. The summed E-state index contributed by atoms with van der Waals surface area (Å²) in [4.78, 5) is 5.54. The lowest BCUT2D eigenvalue weighted by Gasteiger charge is -2.06. The Kier molecular flexibility index (Phi) is 4.58. The number of hydrogen-bond donors (Lipinski definition) is 1. The van der Waals surface area contributed by atoms with E-state index in [1.165, 1.54) is 4.88 Å². The highest BCUT2D eigenvalue weighted by Crippen LogP contribution is 2.24. The number of hydrogen-bond acceptors (Lipinski definition) is 4. The zero-order valence-electron chi connectivity index (χ0n) is 10.4. The summed E-state index contributed by atoms with van der Waals surface area (Å²) in [6.45, 7) is 3.61. The fraction of sp³-hybridized carbons (Fsp3) is 0.308. The van der Waals surface area contributed by atoms with Crippen LogP contribution in [0.15, 0.2) is 24.4 Å². The summed E-state index contributed by atoms with van der Waals surface area (Å²) in [5, 5.41) is 5.09. The van der Waals surface area contributed by atoms with Crippen molar-refractivity contribution in [1.29, 1.82) is 0 Å². The van der Waals surface area contributed by atoms with Crippen molar-refractivity contribution in [3.05, 3.63) is 44.9 Å². The molecular weight excluding hydrogens is 268 g/mol. The number of aromatic nitrogens is 1. The zero-order valence-corrected chi connectivity index (χ0v) is 11.9. The molecule has 96 valence electrons. The molecule has 0 amide bonds. The Morgan fingerprint density at radius 3 is 2.83 bits per heavy atom. The van der Waals surface area contributed by atoms with E-state index in [0.29, 0.717) is 10.8 Å². The van der Waals surface area contributed by atoms with Gasteiger partial charge < -0.3 is 10.1 Å². The molecular formula is C13H15ClN2OS. The van der Waals surface area contributed by atoms with E-state index in [2.05, 4.69) is 17.2 Å². The standard InChI is InChI=1S/C13H15ClN2OS/c1-9-6-16-13(18-9)8-15-7-10-3-4-12(17-2)11(14)5-10/h3-6,15H,7-8H2,1-2H3. The number of ether oxygens (including phenoxy) is 1. The van der Waals surface area contributed by atoms with Gasteiger partial charge in [-0.2, -0.15) is 0 Å². The molecule has 1 aromatic carbocycles. The van der Waals surface area contributed by atoms with E-state index in [-0.39, 0.29) is 0 Å². The number of aryl methyl sites for hydroxylation is 1. The van der Waals surface area contributed by atoms with Crippen LogP contribution in [0.5, 0.6) is 5.75 Å². The molecule has 5 heteroatoms. The van der Waals surface area contributed by atoms with Gasteiger partial charge in [-0.25, -0.2) is 4.98 Å². The van der Waals surface area contributed by atoms with Crippen LogP contribution in [0, 0.1) is 6.92 Å². The number of methoxy groups -OCH3 is 1. The Balaban J connectivity index is 1.88. The Hall–Kier alpha value is -1.10. The molecule has 1 heterocycles. The molecule has 1 N–H and O–H groups in total. The van der Waals surface area contributed by atoms with Crippen molar-refractivity contribution >= 4 is 22.9 Å². The summed E-state index contributed by atoms with van der Waals surface area (Å²) < 4.78 is 5.12.